The number of aliphatic hydroxyl groups excluding tert-OH is 1. The van der Waals surface area contributed by atoms with E-state index in [1.165, 1.54) is 7.11 Å². The lowest BCUT2D eigenvalue weighted by atomic mass is 10.2. The third kappa shape index (κ3) is 4.63. The zero-order chi connectivity index (χ0) is 27.1. The van der Waals surface area contributed by atoms with E-state index >= 15 is 4.39 Å². The Hall–Kier alpha value is -4.23. The van der Waals surface area contributed by atoms with Crippen molar-refractivity contribution in [1.82, 2.24) is 29.5 Å². The second-order valence-electron chi connectivity index (χ2n) is 9.49. The summed E-state index contributed by atoms with van der Waals surface area (Å²) in [5.74, 6) is 0.695. The van der Waals surface area contributed by atoms with Gasteiger partial charge >= 0.3 is 0 Å². The van der Waals surface area contributed by atoms with Gasteiger partial charge in [0.2, 0.25) is 11.8 Å². The van der Waals surface area contributed by atoms with Crippen LogP contribution in [0.15, 0.2) is 30.6 Å². The van der Waals surface area contributed by atoms with Crippen molar-refractivity contribution in [2.75, 3.05) is 37.1 Å². The van der Waals surface area contributed by atoms with Gasteiger partial charge in [0.15, 0.2) is 11.3 Å². The molecule has 2 aliphatic rings. The topological polar surface area (TPSA) is 140 Å². The minimum Gasteiger partial charge on any atom is -0.479 e. The summed E-state index contributed by atoms with van der Waals surface area (Å²) in [6.07, 6.45) is 4.58. The quantitative estimate of drug-likeness (QED) is 0.379. The average Bonchev–Trinajstić information content (AvgIpc) is 3.51. The summed E-state index contributed by atoms with van der Waals surface area (Å²) in [5, 5.41) is 13.5. The number of carbonyl (C=O) groups is 1. The van der Waals surface area contributed by atoms with Crippen molar-refractivity contribution in [3.63, 3.8) is 0 Å². The van der Waals surface area contributed by atoms with Crippen molar-refractivity contribution in [3.05, 3.63) is 42.2 Å². The normalized spacial score (nSPS) is 19.6. The van der Waals surface area contributed by atoms with Crippen LogP contribution in [-0.4, -0.2) is 73.5 Å². The van der Waals surface area contributed by atoms with Crippen LogP contribution >= 0.6 is 0 Å². The molecule has 2 N–H and O–H groups in total. The second kappa shape index (κ2) is 10.2. The molecule has 1 saturated carbocycles. The van der Waals surface area contributed by atoms with E-state index in [-0.39, 0.29) is 41.8 Å². The maximum absolute atomic E-state index is 15.0. The first-order valence-corrected chi connectivity index (χ1v) is 12.7. The number of aliphatic hydroxyl groups is 1. The van der Waals surface area contributed by atoms with Gasteiger partial charge in [-0.1, -0.05) is 0 Å². The van der Waals surface area contributed by atoms with E-state index in [9.17, 15) is 9.90 Å². The summed E-state index contributed by atoms with van der Waals surface area (Å²) in [7, 11) is 1.48. The number of rotatable bonds is 6. The Morgan fingerprint density at radius 2 is 2.05 bits per heavy atom. The van der Waals surface area contributed by atoms with E-state index < -0.39 is 11.9 Å². The molecule has 2 fully saturated rings. The van der Waals surface area contributed by atoms with Gasteiger partial charge in [-0.05, 0) is 44.4 Å². The van der Waals surface area contributed by atoms with Crippen LogP contribution in [0.5, 0.6) is 5.88 Å². The van der Waals surface area contributed by atoms with Crippen LogP contribution in [0, 0.1) is 12.7 Å². The summed E-state index contributed by atoms with van der Waals surface area (Å²) in [6, 6.07) is 5.02. The lowest BCUT2D eigenvalue weighted by molar-refractivity contribution is -0.125. The van der Waals surface area contributed by atoms with Gasteiger partial charge in [0, 0.05) is 6.54 Å². The third-order valence-corrected chi connectivity index (χ3v) is 7.06. The SMILES string of the molecule is COc1nc(-c2nc(Nc3ccc(N4CCOCC4=O)cn3)ncc2F)cc2c1nc(C)n2C1CCCC1O. The van der Waals surface area contributed by atoms with Crippen LogP contribution in [0.4, 0.5) is 21.8 Å². The van der Waals surface area contributed by atoms with Gasteiger partial charge in [0.05, 0.1) is 55.2 Å². The number of nitrogens with zero attached hydrogens (tertiary/aromatic N) is 7. The van der Waals surface area contributed by atoms with Gasteiger partial charge in [0.1, 0.15) is 23.9 Å². The molecule has 39 heavy (non-hydrogen) atoms. The predicted molar refractivity (Wildman–Crippen MR) is 139 cm³/mol. The number of amides is 1. The fourth-order valence-corrected chi connectivity index (χ4v) is 5.22. The molecule has 1 aliphatic heterocycles. The van der Waals surface area contributed by atoms with Crippen molar-refractivity contribution in [3.8, 4) is 17.3 Å². The Morgan fingerprint density at radius 1 is 1.18 bits per heavy atom. The fourth-order valence-electron chi connectivity index (χ4n) is 5.22. The summed E-state index contributed by atoms with van der Waals surface area (Å²) >= 11 is 0. The number of anilines is 3. The third-order valence-electron chi connectivity index (χ3n) is 7.06. The van der Waals surface area contributed by atoms with E-state index in [4.69, 9.17) is 9.47 Å². The summed E-state index contributed by atoms with van der Waals surface area (Å²) < 4.78 is 27.7. The molecule has 2 unspecified atom stereocenters. The van der Waals surface area contributed by atoms with Gasteiger partial charge in [-0.15, -0.1) is 0 Å². The minimum atomic E-state index is -0.660. The number of halogens is 1. The lowest BCUT2D eigenvalue weighted by Gasteiger charge is -2.26. The highest BCUT2D eigenvalue weighted by molar-refractivity contribution is 5.94. The molecule has 12 nitrogen and oxygen atoms in total. The van der Waals surface area contributed by atoms with Gasteiger partial charge in [0.25, 0.3) is 5.91 Å². The Bertz CT molecular complexity index is 1540. The van der Waals surface area contributed by atoms with Crippen LogP contribution in [0.25, 0.3) is 22.4 Å². The van der Waals surface area contributed by atoms with Gasteiger partial charge in [-0.3, -0.25) is 4.79 Å². The fraction of sp³-hybridized carbons (Fsp3) is 0.385. The van der Waals surface area contributed by atoms with E-state index in [2.05, 4.69) is 30.2 Å². The van der Waals surface area contributed by atoms with Crippen molar-refractivity contribution in [2.24, 2.45) is 0 Å². The number of imidazole rings is 1. The minimum absolute atomic E-state index is 0.0272. The molecule has 1 aliphatic carbocycles. The zero-order valence-electron chi connectivity index (χ0n) is 21.5. The Kier molecular flexibility index (Phi) is 6.53. The first-order valence-electron chi connectivity index (χ1n) is 12.7. The van der Waals surface area contributed by atoms with Crippen LogP contribution in [0.1, 0.15) is 31.1 Å². The van der Waals surface area contributed by atoms with Gasteiger partial charge in [-0.25, -0.2) is 29.3 Å². The molecule has 1 amide bonds. The lowest BCUT2D eigenvalue weighted by Crippen LogP contribution is -2.41. The number of fused-ring (bicyclic) bond motifs is 1. The monoisotopic (exact) mass is 534 g/mol. The molecule has 4 aromatic heterocycles. The molecular formula is C26H27FN8O4. The highest BCUT2D eigenvalue weighted by Crippen LogP contribution is 2.37. The standard InChI is InChI=1S/C26H27FN8O4/c1-14-30-24-19(35(14)18-4-3-5-20(18)36)10-17(31-25(24)38-2)23-16(27)12-29-26(33-23)32-21-7-6-15(11-28-21)34-8-9-39-13-22(34)37/h6-7,10-12,18,20,36H,3-5,8-9,13H2,1-2H3,(H,28,29,32,33). The maximum Gasteiger partial charge on any atom is 0.253 e. The molecule has 5 heterocycles. The predicted octanol–water partition coefficient (Wildman–Crippen LogP) is 2.93. The van der Waals surface area contributed by atoms with Crippen LogP contribution in [0.3, 0.4) is 0 Å². The van der Waals surface area contributed by atoms with E-state index in [1.807, 2.05) is 11.5 Å². The van der Waals surface area contributed by atoms with Crippen molar-refractivity contribution in [2.45, 2.75) is 38.3 Å². The van der Waals surface area contributed by atoms with Crippen molar-refractivity contribution < 1.29 is 23.8 Å². The molecule has 0 radical (unpaired) electrons. The summed E-state index contributed by atoms with van der Waals surface area (Å²) in [4.78, 5) is 35.6. The molecule has 0 spiro atoms. The number of hydrogen-bond acceptors (Lipinski definition) is 10. The number of methoxy groups -OCH3 is 1. The summed E-state index contributed by atoms with van der Waals surface area (Å²) in [6.45, 7) is 2.82. The largest absolute Gasteiger partial charge is 0.479 e. The van der Waals surface area contributed by atoms with E-state index in [0.717, 1.165) is 19.0 Å². The number of pyridine rings is 2. The number of aryl methyl sites for hydroxylation is 1. The number of nitrogens with one attached hydrogen (secondary N) is 1. The van der Waals surface area contributed by atoms with E-state index in [1.54, 1.807) is 29.3 Å². The van der Waals surface area contributed by atoms with E-state index in [0.29, 0.717) is 47.9 Å². The number of morpholine rings is 1. The Labute approximate surface area is 222 Å². The molecule has 4 aromatic rings. The molecule has 6 rings (SSSR count). The van der Waals surface area contributed by atoms with Crippen LogP contribution < -0.4 is 15.0 Å². The molecule has 0 aromatic carbocycles. The highest BCUT2D eigenvalue weighted by Gasteiger charge is 2.30. The average molecular weight is 535 g/mol. The Balaban J connectivity index is 1.33. The highest BCUT2D eigenvalue weighted by atomic mass is 19.1. The number of aromatic nitrogens is 6. The number of carbonyl (C=O) groups excluding carboxylic acids is 1. The molecular weight excluding hydrogens is 507 g/mol. The first-order chi connectivity index (χ1) is 18.9. The van der Waals surface area contributed by atoms with Gasteiger partial charge < -0.3 is 29.4 Å². The van der Waals surface area contributed by atoms with Gasteiger partial charge in [-0.2, -0.15) is 0 Å². The first kappa shape index (κ1) is 25.1. The number of hydrogen-bond donors (Lipinski definition) is 2. The van der Waals surface area contributed by atoms with Crippen LogP contribution in [0.2, 0.25) is 0 Å². The molecule has 1 saturated heterocycles. The summed E-state index contributed by atoms with van der Waals surface area (Å²) in [5.41, 5.74) is 2.08. The van der Waals surface area contributed by atoms with Crippen LogP contribution in [-0.2, 0) is 9.53 Å². The maximum atomic E-state index is 15.0. The molecule has 13 heteroatoms. The molecule has 202 valence electrons. The Morgan fingerprint density at radius 3 is 2.77 bits per heavy atom. The smallest absolute Gasteiger partial charge is 0.253 e. The number of ether oxygens (including phenoxy) is 2. The second-order valence-corrected chi connectivity index (χ2v) is 9.49. The molecule has 2 atom stereocenters. The van der Waals surface area contributed by atoms with Crippen molar-refractivity contribution >= 4 is 34.4 Å². The zero-order valence-corrected chi connectivity index (χ0v) is 21.5. The molecule has 0 bridgehead atoms. The van der Waals surface area contributed by atoms with Crippen molar-refractivity contribution in [1.29, 1.82) is 0 Å².